The summed E-state index contributed by atoms with van der Waals surface area (Å²) in [5.74, 6) is 1.73. The standard InChI is InChI=1S/C16H14O3/c17-13(10-12-6-2-1-3-7-12)16-11-18-14-8-4-5-9-15(14)19-16/h1-9,11,13,17H,10H2. The van der Waals surface area contributed by atoms with Gasteiger partial charge in [0, 0.05) is 6.42 Å². The van der Waals surface area contributed by atoms with Gasteiger partial charge in [0.1, 0.15) is 12.4 Å². The van der Waals surface area contributed by atoms with E-state index in [2.05, 4.69) is 0 Å². The molecule has 96 valence electrons. The summed E-state index contributed by atoms with van der Waals surface area (Å²) in [7, 11) is 0. The van der Waals surface area contributed by atoms with Gasteiger partial charge in [-0.25, -0.2) is 0 Å². The number of benzene rings is 2. The van der Waals surface area contributed by atoms with Crippen molar-refractivity contribution >= 4 is 0 Å². The van der Waals surface area contributed by atoms with Gasteiger partial charge in [0.2, 0.25) is 0 Å². The van der Waals surface area contributed by atoms with Crippen molar-refractivity contribution in [1.29, 1.82) is 0 Å². The molecule has 1 unspecified atom stereocenters. The Morgan fingerprint density at radius 1 is 0.895 bits per heavy atom. The lowest BCUT2D eigenvalue weighted by atomic mass is 10.1. The molecule has 3 rings (SSSR count). The van der Waals surface area contributed by atoms with Gasteiger partial charge in [-0.2, -0.15) is 0 Å². The van der Waals surface area contributed by atoms with Crippen LogP contribution in [0.3, 0.4) is 0 Å². The summed E-state index contributed by atoms with van der Waals surface area (Å²) >= 11 is 0. The number of fused-ring (bicyclic) bond motifs is 1. The summed E-state index contributed by atoms with van der Waals surface area (Å²) in [6.45, 7) is 0. The average Bonchev–Trinajstić information content (AvgIpc) is 2.48. The predicted octanol–water partition coefficient (Wildman–Crippen LogP) is 2.90. The summed E-state index contributed by atoms with van der Waals surface area (Å²) in [4.78, 5) is 0. The molecule has 0 spiro atoms. The van der Waals surface area contributed by atoms with E-state index in [0.29, 0.717) is 23.7 Å². The maximum absolute atomic E-state index is 10.2. The van der Waals surface area contributed by atoms with Gasteiger partial charge in [-0.1, -0.05) is 42.5 Å². The molecule has 3 nitrogen and oxygen atoms in total. The van der Waals surface area contributed by atoms with E-state index in [1.165, 1.54) is 6.26 Å². The van der Waals surface area contributed by atoms with E-state index in [9.17, 15) is 5.11 Å². The van der Waals surface area contributed by atoms with Crippen LogP contribution < -0.4 is 9.47 Å². The van der Waals surface area contributed by atoms with E-state index in [-0.39, 0.29) is 0 Å². The van der Waals surface area contributed by atoms with Crippen LogP contribution in [0.4, 0.5) is 0 Å². The maximum atomic E-state index is 10.2. The highest BCUT2D eigenvalue weighted by Crippen LogP contribution is 2.32. The molecule has 1 heterocycles. The van der Waals surface area contributed by atoms with E-state index in [4.69, 9.17) is 9.47 Å². The van der Waals surface area contributed by atoms with Gasteiger partial charge < -0.3 is 14.6 Å². The molecule has 19 heavy (non-hydrogen) atoms. The summed E-state index contributed by atoms with van der Waals surface area (Å²) in [5.41, 5.74) is 1.05. The third-order valence-corrected chi connectivity index (χ3v) is 2.98. The van der Waals surface area contributed by atoms with Crippen molar-refractivity contribution in [2.24, 2.45) is 0 Å². The molecular weight excluding hydrogens is 240 g/mol. The van der Waals surface area contributed by atoms with Crippen LogP contribution in [-0.4, -0.2) is 11.2 Å². The number of aliphatic hydroxyl groups is 1. The van der Waals surface area contributed by atoms with E-state index in [1.807, 2.05) is 54.6 Å². The molecule has 0 fully saturated rings. The highest BCUT2D eigenvalue weighted by molar-refractivity contribution is 5.43. The molecule has 0 radical (unpaired) electrons. The topological polar surface area (TPSA) is 38.7 Å². The first-order valence-corrected chi connectivity index (χ1v) is 6.18. The Balaban J connectivity index is 1.72. The van der Waals surface area contributed by atoms with Crippen molar-refractivity contribution in [1.82, 2.24) is 0 Å². The highest BCUT2D eigenvalue weighted by Gasteiger charge is 2.20. The minimum Gasteiger partial charge on any atom is -0.457 e. The van der Waals surface area contributed by atoms with Crippen molar-refractivity contribution < 1.29 is 14.6 Å². The minimum absolute atomic E-state index is 0.433. The third kappa shape index (κ3) is 2.61. The fourth-order valence-electron chi connectivity index (χ4n) is 1.99. The molecule has 1 N–H and O–H groups in total. The van der Waals surface area contributed by atoms with Gasteiger partial charge in [0.15, 0.2) is 17.3 Å². The van der Waals surface area contributed by atoms with Gasteiger partial charge in [-0.3, -0.25) is 0 Å². The molecule has 1 atom stereocenters. The number of hydrogen-bond acceptors (Lipinski definition) is 3. The van der Waals surface area contributed by atoms with Gasteiger partial charge in [-0.05, 0) is 17.7 Å². The Morgan fingerprint density at radius 3 is 2.37 bits per heavy atom. The molecule has 2 aromatic rings. The number of ether oxygens (including phenoxy) is 2. The van der Waals surface area contributed by atoms with Crippen molar-refractivity contribution in [2.45, 2.75) is 12.5 Å². The van der Waals surface area contributed by atoms with Crippen LogP contribution in [0.15, 0.2) is 66.6 Å². The fourth-order valence-corrected chi connectivity index (χ4v) is 1.99. The third-order valence-electron chi connectivity index (χ3n) is 2.98. The number of para-hydroxylation sites is 2. The Labute approximate surface area is 111 Å². The minimum atomic E-state index is -0.712. The Kier molecular flexibility index (Phi) is 3.21. The highest BCUT2D eigenvalue weighted by atomic mass is 16.6. The van der Waals surface area contributed by atoms with Crippen LogP contribution in [0.2, 0.25) is 0 Å². The van der Waals surface area contributed by atoms with Crippen molar-refractivity contribution in [3.63, 3.8) is 0 Å². The molecular formula is C16H14O3. The average molecular weight is 254 g/mol. The van der Waals surface area contributed by atoms with Crippen molar-refractivity contribution in [3.8, 4) is 11.5 Å². The predicted molar refractivity (Wildman–Crippen MR) is 71.9 cm³/mol. The Hall–Kier alpha value is -2.26. The lowest BCUT2D eigenvalue weighted by Crippen LogP contribution is -2.21. The van der Waals surface area contributed by atoms with E-state index in [1.54, 1.807) is 0 Å². The second-order valence-corrected chi connectivity index (χ2v) is 4.39. The second-order valence-electron chi connectivity index (χ2n) is 4.39. The van der Waals surface area contributed by atoms with Crippen LogP contribution >= 0.6 is 0 Å². The van der Waals surface area contributed by atoms with Gasteiger partial charge in [-0.15, -0.1) is 0 Å². The summed E-state index contributed by atoms with van der Waals surface area (Å²) < 4.78 is 11.1. The first kappa shape index (κ1) is 11.8. The van der Waals surface area contributed by atoms with Gasteiger partial charge in [0.25, 0.3) is 0 Å². The summed E-state index contributed by atoms with van der Waals surface area (Å²) in [6.07, 6.45) is 1.25. The summed E-state index contributed by atoms with van der Waals surface area (Å²) in [5, 5.41) is 10.2. The van der Waals surface area contributed by atoms with Crippen LogP contribution in [0.1, 0.15) is 5.56 Å². The van der Waals surface area contributed by atoms with Gasteiger partial charge >= 0.3 is 0 Å². The molecule has 0 amide bonds. The molecule has 0 saturated carbocycles. The number of aliphatic hydroxyl groups excluding tert-OH is 1. The molecule has 2 aromatic carbocycles. The molecule has 0 saturated heterocycles. The Bertz CT molecular complexity index is 590. The van der Waals surface area contributed by atoms with Crippen LogP contribution in [-0.2, 0) is 6.42 Å². The largest absolute Gasteiger partial charge is 0.457 e. The zero-order valence-electron chi connectivity index (χ0n) is 10.3. The summed E-state index contributed by atoms with van der Waals surface area (Å²) in [6, 6.07) is 17.2. The molecule has 1 aliphatic rings. The molecule has 0 bridgehead atoms. The number of hydrogen-bond donors (Lipinski definition) is 1. The zero-order chi connectivity index (χ0) is 13.1. The SMILES string of the molecule is OC(Cc1ccccc1)C1=COc2ccccc2O1. The molecule has 3 heteroatoms. The van der Waals surface area contributed by atoms with Crippen molar-refractivity contribution in [3.05, 3.63) is 72.2 Å². The lowest BCUT2D eigenvalue weighted by Gasteiger charge is -2.21. The molecule has 1 aliphatic heterocycles. The van der Waals surface area contributed by atoms with Crippen LogP contribution in [0.25, 0.3) is 0 Å². The van der Waals surface area contributed by atoms with Crippen LogP contribution in [0.5, 0.6) is 11.5 Å². The van der Waals surface area contributed by atoms with Crippen molar-refractivity contribution in [2.75, 3.05) is 0 Å². The van der Waals surface area contributed by atoms with Gasteiger partial charge in [0.05, 0.1) is 0 Å². The fraction of sp³-hybridized carbons (Fsp3) is 0.125. The monoisotopic (exact) mass is 254 g/mol. The quantitative estimate of drug-likeness (QED) is 0.915. The second kappa shape index (κ2) is 5.16. The Morgan fingerprint density at radius 2 is 1.58 bits per heavy atom. The van der Waals surface area contributed by atoms with Crippen LogP contribution in [0, 0.1) is 0 Å². The first-order valence-electron chi connectivity index (χ1n) is 6.18. The maximum Gasteiger partial charge on any atom is 0.169 e. The van der Waals surface area contributed by atoms with E-state index >= 15 is 0 Å². The molecule has 0 aliphatic carbocycles. The van der Waals surface area contributed by atoms with E-state index in [0.717, 1.165) is 5.56 Å². The van der Waals surface area contributed by atoms with E-state index < -0.39 is 6.10 Å². The number of rotatable bonds is 3. The molecule has 0 aromatic heterocycles. The normalized spacial score (nSPS) is 14.7. The lowest BCUT2D eigenvalue weighted by molar-refractivity contribution is 0.146. The smallest absolute Gasteiger partial charge is 0.169 e. The zero-order valence-corrected chi connectivity index (χ0v) is 10.3. The first-order chi connectivity index (χ1) is 9.33.